The lowest BCUT2D eigenvalue weighted by atomic mass is 10.1. The van der Waals surface area contributed by atoms with Crippen LogP contribution in [0.15, 0.2) is 66.9 Å². The largest absolute Gasteiger partial charge is 0.345 e. The Morgan fingerprint density at radius 1 is 1.04 bits per heavy atom. The first kappa shape index (κ1) is 20.5. The number of hydrogen-bond donors (Lipinski definition) is 0. The van der Waals surface area contributed by atoms with Gasteiger partial charge in [0.15, 0.2) is 0 Å². The highest BCUT2D eigenvalue weighted by molar-refractivity contribution is 6.36. The minimum atomic E-state index is -0.0807. The lowest BCUT2D eigenvalue weighted by molar-refractivity contribution is 0.0719. The molecule has 0 aliphatic heterocycles. The number of nitrogens with zero attached hydrogens (tertiary/aromatic N) is 2. The number of carbonyl (C=O) groups is 1. The van der Waals surface area contributed by atoms with E-state index in [1.54, 1.807) is 18.2 Å². The lowest BCUT2D eigenvalue weighted by Gasteiger charge is -2.26. The third-order valence-corrected chi connectivity index (χ3v) is 5.05. The molecule has 0 radical (unpaired) electrons. The number of benzene rings is 2. The predicted molar refractivity (Wildman–Crippen MR) is 116 cm³/mol. The zero-order chi connectivity index (χ0) is 20.1. The monoisotopic (exact) mass is 414 g/mol. The fraction of sp³-hybridized carbons (Fsp3) is 0.261. The zero-order valence-electron chi connectivity index (χ0n) is 16.1. The molecule has 0 aliphatic rings. The van der Waals surface area contributed by atoms with Crippen molar-refractivity contribution in [3.63, 3.8) is 0 Å². The molecule has 0 atom stereocenters. The van der Waals surface area contributed by atoms with Crippen LogP contribution in [0.25, 0.3) is 0 Å². The molecular formula is C23H24Cl2N2O. The van der Waals surface area contributed by atoms with E-state index in [9.17, 15) is 4.79 Å². The van der Waals surface area contributed by atoms with Crippen LogP contribution in [0.5, 0.6) is 0 Å². The molecule has 3 rings (SSSR count). The highest BCUT2D eigenvalue weighted by atomic mass is 35.5. The molecule has 0 fully saturated rings. The van der Waals surface area contributed by atoms with E-state index >= 15 is 0 Å². The number of hydrogen-bond acceptors (Lipinski definition) is 1. The number of carbonyl (C=O) groups excluding carboxylic acids is 1. The normalized spacial score (nSPS) is 11.0. The number of halogens is 2. The Kier molecular flexibility index (Phi) is 6.82. The molecule has 1 amide bonds. The first-order valence-electron chi connectivity index (χ1n) is 9.36. The van der Waals surface area contributed by atoms with E-state index in [-0.39, 0.29) is 5.91 Å². The van der Waals surface area contributed by atoms with Crippen LogP contribution in [0.3, 0.4) is 0 Å². The third kappa shape index (κ3) is 5.18. The summed E-state index contributed by atoms with van der Waals surface area (Å²) >= 11 is 12.3. The average Bonchev–Trinajstić information content (AvgIpc) is 3.08. The Bertz CT molecular complexity index is 935. The van der Waals surface area contributed by atoms with Crippen molar-refractivity contribution in [2.45, 2.75) is 26.9 Å². The van der Waals surface area contributed by atoms with Gasteiger partial charge in [-0.15, -0.1) is 0 Å². The molecule has 0 saturated heterocycles. The maximum absolute atomic E-state index is 13.2. The minimum Gasteiger partial charge on any atom is -0.345 e. The van der Waals surface area contributed by atoms with E-state index in [1.165, 1.54) is 5.56 Å². The van der Waals surface area contributed by atoms with Crippen molar-refractivity contribution in [2.75, 3.05) is 6.54 Å². The average molecular weight is 415 g/mol. The summed E-state index contributed by atoms with van der Waals surface area (Å²) in [6, 6.07) is 19.4. The van der Waals surface area contributed by atoms with Gasteiger partial charge in [-0.1, -0.05) is 67.4 Å². The fourth-order valence-corrected chi connectivity index (χ4v) is 3.71. The Morgan fingerprint density at radius 2 is 1.79 bits per heavy atom. The van der Waals surface area contributed by atoms with Gasteiger partial charge in [-0.25, -0.2) is 0 Å². The first-order valence-corrected chi connectivity index (χ1v) is 10.1. The van der Waals surface area contributed by atoms with Crippen LogP contribution in [0.1, 0.15) is 35.5 Å². The molecule has 3 nitrogen and oxygen atoms in total. The quantitative estimate of drug-likeness (QED) is 0.455. The summed E-state index contributed by atoms with van der Waals surface area (Å²) in [7, 11) is 0. The first-order chi connectivity index (χ1) is 13.4. The van der Waals surface area contributed by atoms with E-state index in [0.29, 0.717) is 34.6 Å². The van der Waals surface area contributed by atoms with Gasteiger partial charge in [0.05, 0.1) is 17.1 Å². The van der Waals surface area contributed by atoms with Crippen molar-refractivity contribution >= 4 is 29.1 Å². The second kappa shape index (κ2) is 9.31. The fourth-order valence-electron chi connectivity index (χ4n) is 3.22. The van der Waals surface area contributed by atoms with Gasteiger partial charge in [0.2, 0.25) is 0 Å². The van der Waals surface area contributed by atoms with Crippen LogP contribution in [0.2, 0.25) is 10.0 Å². The number of amides is 1. The van der Waals surface area contributed by atoms with Crippen LogP contribution in [0, 0.1) is 5.92 Å². The number of rotatable bonds is 7. The molecular weight excluding hydrogens is 391 g/mol. The van der Waals surface area contributed by atoms with Crippen LogP contribution >= 0.6 is 23.2 Å². The van der Waals surface area contributed by atoms with E-state index in [2.05, 4.69) is 42.8 Å². The summed E-state index contributed by atoms with van der Waals surface area (Å²) in [5.41, 5.74) is 2.79. The van der Waals surface area contributed by atoms with Gasteiger partial charge in [-0.2, -0.15) is 0 Å². The molecule has 146 valence electrons. The SMILES string of the molecule is CC(C)CN(Cc1cccn1Cc1ccccc1)C(=O)c1ccc(Cl)cc1Cl. The summed E-state index contributed by atoms with van der Waals surface area (Å²) in [5.74, 6) is 0.260. The molecule has 0 unspecified atom stereocenters. The Hall–Kier alpha value is -2.23. The predicted octanol–water partition coefficient (Wildman–Crippen LogP) is 6.14. The van der Waals surface area contributed by atoms with Crippen molar-refractivity contribution in [3.8, 4) is 0 Å². The Balaban J connectivity index is 1.84. The van der Waals surface area contributed by atoms with Crippen LogP contribution in [0.4, 0.5) is 0 Å². The molecule has 3 aromatic rings. The molecule has 0 saturated carbocycles. The zero-order valence-corrected chi connectivity index (χ0v) is 17.6. The molecule has 1 heterocycles. The standard InChI is InChI=1S/C23H24Cl2N2O/c1-17(2)14-27(23(28)21-11-10-19(24)13-22(21)25)16-20-9-6-12-26(20)15-18-7-4-3-5-8-18/h3-13,17H,14-16H2,1-2H3. The van der Waals surface area contributed by atoms with Crippen molar-refractivity contribution < 1.29 is 4.79 Å². The second-order valence-electron chi connectivity index (χ2n) is 7.32. The van der Waals surface area contributed by atoms with Crippen LogP contribution in [-0.4, -0.2) is 21.9 Å². The van der Waals surface area contributed by atoms with Gasteiger partial charge >= 0.3 is 0 Å². The number of aromatic nitrogens is 1. The van der Waals surface area contributed by atoms with Crippen LogP contribution < -0.4 is 0 Å². The summed E-state index contributed by atoms with van der Waals surface area (Å²) < 4.78 is 2.18. The molecule has 5 heteroatoms. The Morgan fingerprint density at radius 3 is 2.46 bits per heavy atom. The molecule has 0 spiro atoms. The topological polar surface area (TPSA) is 25.2 Å². The highest BCUT2D eigenvalue weighted by Crippen LogP contribution is 2.24. The summed E-state index contributed by atoms with van der Waals surface area (Å²) in [4.78, 5) is 15.1. The molecule has 0 bridgehead atoms. The van der Waals surface area contributed by atoms with E-state index in [1.807, 2.05) is 29.2 Å². The summed E-state index contributed by atoms with van der Waals surface area (Å²) in [5, 5.41) is 0.902. The van der Waals surface area contributed by atoms with Crippen LogP contribution in [-0.2, 0) is 13.1 Å². The Labute approximate surface area is 176 Å². The lowest BCUT2D eigenvalue weighted by Crippen LogP contribution is -2.34. The third-order valence-electron chi connectivity index (χ3n) is 4.51. The van der Waals surface area contributed by atoms with E-state index < -0.39 is 0 Å². The van der Waals surface area contributed by atoms with Gasteiger partial charge in [0.1, 0.15) is 0 Å². The van der Waals surface area contributed by atoms with Crippen molar-refractivity contribution in [2.24, 2.45) is 5.92 Å². The summed E-state index contributed by atoms with van der Waals surface area (Å²) in [6.45, 7) is 6.15. The highest BCUT2D eigenvalue weighted by Gasteiger charge is 2.21. The maximum atomic E-state index is 13.2. The molecule has 0 N–H and O–H groups in total. The maximum Gasteiger partial charge on any atom is 0.255 e. The van der Waals surface area contributed by atoms with E-state index in [0.717, 1.165) is 12.2 Å². The smallest absolute Gasteiger partial charge is 0.255 e. The van der Waals surface area contributed by atoms with Gasteiger partial charge in [-0.05, 0) is 41.8 Å². The second-order valence-corrected chi connectivity index (χ2v) is 8.16. The summed E-state index contributed by atoms with van der Waals surface area (Å²) in [6.07, 6.45) is 2.05. The van der Waals surface area contributed by atoms with Crippen molar-refractivity contribution in [3.05, 3.63) is 93.7 Å². The van der Waals surface area contributed by atoms with Crippen molar-refractivity contribution in [1.82, 2.24) is 9.47 Å². The minimum absolute atomic E-state index is 0.0807. The van der Waals surface area contributed by atoms with E-state index in [4.69, 9.17) is 23.2 Å². The molecule has 2 aromatic carbocycles. The van der Waals surface area contributed by atoms with Gasteiger partial charge in [0, 0.05) is 30.0 Å². The van der Waals surface area contributed by atoms with Gasteiger partial charge < -0.3 is 9.47 Å². The van der Waals surface area contributed by atoms with Gasteiger partial charge in [0.25, 0.3) is 5.91 Å². The molecule has 28 heavy (non-hydrogen) atoms. The van der Waals surface area contributed by atoms with Crippen molar-refractivity contribution in [1.29, 1.82) is 0 Å². The molecule has 1 aromatic heterocycles. The molecule has 0 aliphatic carbocycles. The van der Waals surface area contributed by atoms with Gasteiger partial charge in [-0.3, -0.25) is 4.79 Å².